The molecule has 6 heteroatoms. The van der Waals surface area contributed by atoms with Crippen molar-refractivity contribution in [3.05, 3.63) is 54.9 Å². The molecule has 0 aromatic heterocycles. The van der Waals surface area contributed by atoms with Gasteiger partial charge in [0.1, 0.15) is 0 Å². The fraction of sp³-hybridized carbons (Fsp3) is 0.154. The normalized spacial score (nSPS) is 9.84. The number of hydrogen-bond donors (Lipinski definition) is 1. The molecule has 1 aromatic carbocycles. The van der Waals surface area contributed by atoms with Crippen molar-refractivity contribution in [2.45, 2.75) is 0 Å². The van der Waals surface area contributed by atoms with Crippen LogP contribution in [0.25, 0.3) is 0 Å². The van der Waals surface area contributed by atoms with Gasteiger partial charge in [-0.05, 0) is 12.1 Å². The maximum Gasteiger partial charge on any atom is 0.322 e. The smallest absolute Gasteiger partial charge is 0.317 e. The Kier molecular flexibility index (Phi) is 5.17. The first kappa shape index (κ1) is 14.8. The monoisotopic (exact) mass is 270 g/mol. The van der Waals surface area contributed by atoms with Gasteiger partial charge in [0, 0.05) is 13.1 Å². The van der Waals surface area contributed by atoms with Crippen LogP contribution in [0, 0.1) is 17.5 Å². The molecule has 0 saturated carbocycles. The molecule has 102 valence electrons. The molecule has 0 radical (unpaired) electrons. The Labute approximate surface area is 109 Å². The van der Waals surface area contributed by atoms with Gasteiger partial charge in [-0.3, -0.25) is 0 Å². The molecule has 3 nitrogen and oxygen atoms in total. The average Bonchev–Trinajstić information content (AvgIpc) is 2.39. The van der Waals surface area contributed by atoms with Crippen molar-refractivity contribution in [1.82, 2.24) is 4.90 Å². The summed E-state index contributed by atoms with van der Waals surface area (Å²) in [5.74, 6) is -4.38. The molecule has 0 fully saturated rings. The topological polar surface area (TPSA) is 32.3 Å². The van der Waals surface area contributed by atoms with Crippen molar-refractivity contribution >= 4 is 11.7 Å². The van der Waals surface area contributed by atoms with Gasteiger partial charge in [-0.1, -0.05) is 12.2 Å². The van der Waals surface area contributed by atoms with E-state index in [1.54, 1.807) is 0 Å². The predicted molar refractivity (Wildman–Crippen MR) is 67.3 cm³/mol. The minimum atomic E-state index is -1.63. The highest BCUT2D eigenvalue weighted by Gasteiger charge is 2.17. The van der Waals surface area contributed by atoms with Gasteiger partial charge >= 0.3 is 6.03 Å². The molecule has 1 N–H and O–H groups in total. The van der Waals surface area contributed by atoms with E-state index in [-0.39, 0.29) is 13.1 Å². The highest BCUT2D eigenvalue weighted by atomic mass is 19.2. The highest BCUT2D eigenvalue weighted by molar-refractivity contribution is 5.89. The summed E-state index contributed by atoms with van der Waals surface area (Å²) in [5.41, 5.74) is -0.429. The van der Waals surface area contributed by atoms with Crippen LogP contribution < -0.4 is 5.32 Å². The Morgan fingerprint density at radius 2 is 1.74 bits per heavy atom. The molecule has 0 aliphatic heterocycles. The van der Waals surface area contributed by atoms with E-state index in [1.165, 1.54) is 17.1 Å². The van der Waals surface area contributed by atoms with E-state index < -0.39 is 29.2 Å². The molecule has 0 bridgehead atoms. The predicted octanol–water partition coefficient (Wildman–Crippen LogP) is 3.31. The maximum absolute atomic E-state index is 13.4. The Balaban J connectivity index is 2.89. The third-order valence-electron chi connectivity index (χ3n) is 2.26. The van der Waals surface area contributed by atoms with Gasteiger partial charge in [-0.25, -0.2) is 18.0 Å². The second kappa shape index (κ2) is 6.63. The lowest BCUT2D eigenvalue weighted by Gasteiger charge is -2.20. The van der Waals surface area contributed by atoms with Gasteiger partial charge in [0.25, 0.3) is 0 Å². The zero-order valence-corrected chi connectivity index (χ0v) is 10.1. The van der Waals surface area contributed by atoms with E-state index in [9.17, 15) is 18.0 Å². The molecule has 0 atom stereocenters. The molecule has 0 spiro atoms. The van der Waals surface area contributed by atoms with Crippen LogP contribution in [0.3, 0.4) is 0 Å². The lowest BCUT2D eigenvalue weighted by Crippen LogP contribution is -2.35. The van der Waals surface area contributed by atoms with Crippen LogP contribution in [0.5, 0.6) is 0 Å². The number of halogens is 3. The highest BCUT2D eigenvalue weighted by Crippen LogP contribution is 2.19. The van der Waals surface area contributed by atoms with Gasteiger partial charge in [0.15, 0.2) is 17.5 Å². The van der Waals surface area contributed by atoms with Crippen molar-refractivity contribution in [3.63, 3.8) is 0 Å². The lowest BCUT2D eigenvalue weighted by atomic mass is 10.3. The second-order valence-electron chi connectivity index (χ2n) is 3.64. The molecule has 2 amide bonds. The van der Waals surface area contributed by atoms with Crippen molar-refractivity contribution in [2.75, 3.05) is 18.4 Å². The maximum atomic E-state index is 13.4. The standard InChI is InChI=1S/C13H13F3N2O/c1-3-7-18(8-4-2)13(19)17-10-6-5-9(14)11(15)12(10)16/h3-6H,1-2,7-8H2,(H,17,19). The Morgan fingerprint density at radius 3 is 2.26 bits per heavy atom. The summed E-state index contributed by atoms with van der Waals surface area (Å²) in [5, 5.41) is 2.16. The van der Waals surface area contributed by atoms with Crippen LogP contribution in [0.4, 0.5) is 23.7 Å². The first-order valence-electron chi connectivity index (χ1n) is 5.42. The van der Waals surface area contributed by atoms with Gasteiger partial charge in [0.2, 0.25) is 0 Å². The third kappa shape index (κ3) is 3.61. The Bertz CT molecular complexity index is 493. The van der Waals surface area contributed by atoms with Crippen molar-refractivity contribution < 1.29 is 18.0 Å². The van der Waals surface area contributed by atoms with Crippen LogP contribution in [-0.2, 0) is 0 Å². The lowest BCUT2D eigenvalue weighted by molar-refractivity contribution is 0.222. The van der Waals surface area contributed by atoms with E-state index in [1.807, 2.05) is 0 Å². The zero-order chi connectivity index (χ0) is 14.4. The first-order chi connectivity index (χ1) is 9.01. The minimum Gasteiger partial charge on any atom is -0.317 e. The van der Waals surface area contributed by atoms with E-state index in [2.05, 4.69) is 18.5 Å². The summed E-state index contributed by atoms with van der Waals surface area (Å²) in [4.78, 5) is 13.0. The number of nitrogens with one attached hydrogen (secondary N) is 1. The van der Waals surface area contributed by atoms with Gasteiger partial charge in [-0.15, -0.1) is 13.2 Å². The van der Waals surface area contributed by atoms with E-state index in [0.717, 1.165) is 12.1 Å². The number of hydrogen-bond acceptors (Lipinski definition) is 1. The number of urea groups is 1. The zero-order valence-electron chi connectivity index (χ0n) is 10.1. The number of nitrogens with zero attached hydrogens (tertiary/aromatic N) is 1. The largest absolute Gasteiger partial charge is 0.322 e. The first-order valence-corrected chi connectivity index (χ1v) is 5.42. The third-order valence-corrected chi connectivity index (χ3v) is 2.26. The summed E-state index contributed by atoms with van der Waals surface area (Å²) in [6.45, 7) is 7.37. The molecule has 1 rings (SSSR count). The van der Waals surface area contributed by atoms with E-state index >= 15 is 0 Å². The van der Waals surface area contributed by atoms with Crippen LogP contribution in [-0.4, -0.2) is 24.0 Å². The number of anilines is 1. The molecule has 0 aliphatic carbocycles. The molecule has 0 unspecified atom stereocenters. The Morgan fingerprint density at radius 1 is 1.16 bits per heavy atom. The Hall–Kier alpha value is -2.24. The summed E-state index contributed by atoms with van der Waals surface area (Å²) < 4.78 is 39.1. The van der Waals surface area contributed by atoms with Gasteiger partial charge in [-0.2, -0.15) is 0 Å². The molecular weight excluding hydrogens is 257 g/mol. The van der Waals surface area contributed by atoms with E-state index in [4.69, 9.17) is 0 Å². The van der Waals surface area contributed by atoms with Crippen LogP contribution in [0.1, 0.15) is 0 Å². The van der Waals surface area contributed by atoms with Crippen molar-refractivity contribution in [2.24, 2.45) is 0 Å². The van der Waals surface area contributed by atoms with Crippen LogP contribution >= 0.6 is 0 Å². The molecule has 0 heterocycles. The molecular formula is C13H13F3N2O. The van der Waals surface area contributed by atoms with Gasteiger partial charge in [0.05, 0.1) is 5.69 Å². The number of amides is 2. The summed E-state index contributed by atoms with van der Waals surface area (Å²) >= 11 is 0. The fourth-order valence-electron chi connectivity index (χ4n) is 1.37. The van der Waals surface area contributed by atoms with Crippen molar-refractivity contribution in [1.29, 1.82) is 0 Å². The molecule has 0 aliphatic rings. The second-order valence-corrected chi connectivity index (χ2v) is 3.64. The van der Waals surface area contributed by atoms with E-state index in [0.29, 0.717) is 0 Å². The number of carbonyl (C=O) groups is 1. The summed E-state index contributed by atoms with van der Waals surface area (Å²) in [6.07, 6.45) is 2.95. The minimum absolute atomic E-state index is 0.211. The quantitative estimate of drug-likeness (QED) is 0.646. The molecule has 1 aromatic rings. The van der Waals surface area contributed by atoms with Crippen molar-refractivity contribution in [3.8, 4) is 0 Å². The molecule has 19 heavy (non-hydrogen) atoms. The number of benzene rings is 1. The van der Waals surface area contributed by atoms with Crippen LogP contribution in [0.2, 0.25) is 0 Å². The van der Waals surface area contributed by atoms with Gasteiger partial charge < -0.3 is 10.2 Å². The summed E-state index contributed by atoms with van der Waals surface area (Å²) in [7, 11) is 0. The molecule has 0 saturated heterocycles. The summed E-state index contributed by atoms with van der Waals surface area (Å²) in [6, 6.07) is 1.02. The number of rotatable bonds is 5. The van der Waals surface area contributed by atoms with Crippen LogP contribution in [0.15, 0.2) is 37.4 Å². The average molecular weight is 270 g/mol. The number of carbonyl (C=O) groups excluding carboxylic acids is 1. The fourth-order valence-corrected chi connectivity index (χ4v) is 1.37. The SMILES string of the molecule is C=CCN(CC=C)C(=O)Nc1ccc(F)c(F)c1F.